The van der Waals surface area contributed by atoms with Crippen molar-refractivity contribution in [3.63, 3.8) is 0 Å². The lowest BCUT2D eigenvalue weighted by Crippen LogP contribution is -2.48. The van der Waals surface area contributed by atoms with E-state index in [1.165, 1.54) is 0 Å². The molecule has 5 rings (SSSR count). The van der Waals surface area contributed by atoms with E-state index < -0.39 is 5.54 Å². The zero-order valence-corrected chi connectivity index (χ0v) is 20.9. The molecule has 0 unspecified atom stereocenters. The number of ether oxygens (including phenoxy) is 1. The van der Waals surface area contributed by atoms with E-state index in [1.807, 2.05) is 23.1 Å². The topological polar surface area (TPSA) is 73.8 Å². The van der Waals surface area contributed by atoms with Crippen molar-refractivity contribution in [3.05, 3.63) is 81.9 Å². The second kappa shape index (κ2) is 8.93. The van der Waals surface area contributed by atoms with Gasteiger partial charge in [-0.1, -0.05) is 18.2 Å². The molecule has 2 heterocycles. The molecule has 3 aromatic rings. The highest BCUT2D eigenvalue weighted by atomic mass is 16.5. The Labute approximate surface area is 206 Å². The van der Waals surface area contributed by atoms with E-state index in [0.29, 0.717) is 18.5 Å². The number of rotatable bonds is 7. The van der Waals surface area contributed by atoms with Crippen LogP contribution in [0.1, 0.15) is 58.4 Å². The maximum atomic E-state index is 13.9. The van der Waals surface area contributed by atoms with E-state index >= 15 is 0 Å². The molecule has 0 fully saturated rings. The van der Waals surface area contributed by atoms with E-state index in [0.717, 1.165) is 63.8 Å². The molecule has 0 atom stereocenters. The zero-order chi connectivity index (χ0) is 24.7. The van der Waals surface area contributed by atoms with Gasteiger partial charge in [-0.25, -0.2) is 0 Å². The van der Waals surface area contributed by atoms with Gasteiger partial charge in [0.1, 0.15) is 17.0 Å². The molecule has 6 heteroatoms. The standard InChI is InChI=1S/C29H33N3O3/c1-5-30-24-16-26-22(14-18(24)3)29(23-15-19(4)25(31-6-2)17-27(23)35-26)21-11-8-7-10-20(21)28(34)32(29)12-9-13-33/h7-8,10-11,14-17,30-31,33H,5-6,9,12-13H2,1-4H3. The van der Waals surface area contributed by atoms with E-state index in [-0.39, 0.29) is 12.5 Å². The summed E-state index contributed by atoms with van der Waals surface area (Å²) in [6, 6.07) is 16.3. The minimum atomic E-state index is -0.837. The van der Waals surface area contributed by atoms with Crippen LogP contribution in [0.3, 0.4) is 0 Å². The predicted molar refractivity (Wildman–Crippen MR) is 140 cm³/mol. The number of nitrogens with zero attached hydrogens (tertiary/aromatic N) is 1. The number of anilines is 2. The van der Waals surface area contributed by atoms with Crippen LogP contribution in [0.15, 0.2) is 48.5 Å². The van der Waals surface area contributed by atoms with Gasteiger partial charge in [0.05, 0.1) is 0 Å². The summed E-state index contributed by atoms with van der Waals surface area (Å²) < 4.78 is 6.58. The number of carbonyl (C=O) groups excluding carboxylic acids is 1. The fourth-order valence-electron chi connectivity index (χ4n) is 5.64. The van der Waals surface area contributed by atoms with Crippen LogP contribution in [-0.2, 0) is 5.54 Å². The van der Waals surface area contributed by atoms with Gasteiger partial charge in [0, 0.05) is 66.4 Å². The Bertz CT molecular complexity index is 1240. The first-order valence-corrected chi connectivity index (χ1v) is 12.5. The van der Waals surface area contributed by atoms with Crippen LogP contribution >= 0.6 is 0 Å². The molecule has 3 aromatic carbocycles. The van der Waals surface area contributed by atoms with Crippen LogP contribution in [0.25, 0.3) is 0 Å². The molecular weight excluding hydrogens is 438 g/mol. The lowest BCUT2D eigenvalue weighted by Gasteiger charge is -2.45. The smallest absolute Gasteiger partial charge is 0.255 e. The first kappa shape index (κ1) is 23.2. The number of nitrogens with one attached hydrogen (secondary N) is 2. The molecule has 2 aliphatic rings. The van der Waals surface area contributed by atoms with Crippen LogP contribution in [0.5, 0.6) is 11.5 Å². The van der Waals surface area contributed by atoms with E-state index in [9.17, 15) is 9.90 Å². The Morgan fingerprint density at radius 2 is 1.46 bits per heavy atom. The Morgan fingerprint density at radius 1 is 0.886 bits per heavy atom. The Kier molecular flexibility index (Phi) is 5.93. The molecule has 3 N–H and O–H groups in total. The summed E-state index contributed by atoms with van der Waals surface area (Å²) in [6.07, 6.45) is 0.496. The van der Waals surface area contributed by atoms with Gasteiger partial charge in [-0.3, -0.25) is 4.79 Å². The Morgan fingerprint density at radius 3 is 2.00 bits per heavy atom. The van der Waals surface area contributed by atoms with Crippen molar-refractivity contribution in [1.82, 2.24) is 4.90 Å². The monoisotopic (exact) mass is 471 g/mol. The predicted octanol–water partition coefficient (Wildman–Crippen LogP) is 5.40. The lowest BCUT2D eigenvalue weighted by molar-refractivity contribution is 0.0649. The maximum Gasteiger partial charge on any atom is 0.255 e. The number of benzene rings is 3. The van der Waals surface area contributed by atoms with Gasteiger partial charge in [0.15, 0.2) is 0 Å². The van der Waals surface area contributed by atoms with Crippen molar-refractivity contribution in [2.75, 3.05) is 36.9 Å². The Hall–Kier alpha value is -3.51. The minimum absolute atomic E-state index is 0.0171. The SMILES string of the molecule is CCNc1cc2c(cc1C)C1(c3cc(C)c(NCC)cc3O2)c2ccccc2C(=O)N1CCCO. The van der Waals surface area contributed by atoms with Gasteiger partial charge in [0.25, 0.3) is 5.91 Å². The van der Waals surface area contributed by atoms with Crippen LogP contribution in [0.4, 0.5) is 11.4 Å². The van der Waals surface area contributed by atoms with E-state index in [1.54, 1.807) is 0 Å². The number of carbonyl (C=O) groups is 1. The first-order valence-electron chi connectivity index (χ1n) is 12.5. The molecule has 0 aromatic heterocycles. The second-order valence-electron chi connectivity index (χ2n) is 9.28. The summed E-state index contributed by atoms with van der Waals surface area (Å²) in [7, 11) is 0. The van der Waals surface area contributed by atoms with Gasteiger partial charge in [0.2, 0.25) is 0 Å². The average Bonchev–Trinajstić information content (AvgIpc) is 3.09. The average molecular weight is 472 g/mol. The normalized spacial score (nSPS) is 14.9. The van der Waals surface area contributed by atoms with Crippen molar-refractivity contribution in [3.8, 4) is 11.5 Å². The van der Waals surface area contributed by atoms with Crippen molar-refractivity contribution in [2.45, 2.75) is 39.7 Å². The van der Waals surface area contributed by atoms with Gasteiger partial charge in [-0.05, 0) is 69.0 Å². The highest BCUT2D eigenvalue weighted by molar-refractivity contribution is 6.02. The van der Waals surface area contributed by atoms with Crippen LogP contribution < -0.4 is 15.4 Å². The van der Waals surface area contributed by atoms with Crippen LogP contribution in [0.2, 0.25) is 0 Å². The summed E-state index contributed by atoms with van der Waals surface area (Å²) in [5, 5.41) is 16.6. The fraction of sp³-hybridized carbons (Fsp3) is 0.345. The van der Waals surface area contributed by atoms with E-state index in [4.69, 9.17) is 4.74 Å². The second-order valence-corrected chi connectivity index (χ2v) is 9.28. The number of amides is 1. The third kappa shape index (κ3) is 3.39. The van der Waals surface area contributed by atoms with Gasteiger partial charge < -0.3 is 25.4 Å². The third-order valence-corrected chi connectivity index (χ3v) is 7.12. The lowest BCUT2D eigenvalue weighted by atomic mass is 9.73. The van der Waals surface area contributed by atoms with Crippen molar-refractivity contribution in [1.29, 1.82) is 0 Å². The van der Waals surface area contributed by atoms with Crippen molar-refractivity contribution >= 4 is 17.3 Å². The summed E-state index contributed by atoms with van der Waals surface area (Å²) in [4.78, 5) is 15.8. The summed E-state index contributed by atoms with van der Waals surface area (Å²) in [5.74, 6) is 1.46. The van der Waals surface area contributed by atoms with Crippen LogP contribution in [-0.4, -0.2) is 42.2 Å². The molecule has 0 radical (unpaired) electrons. The number of aryl methyl sites for hydroxylation is 2. The van der Waals surface area contributed by atoms with Crippen molar-refractivity contribution < 1.29 is 14.6 Å². The largest absolute Gasteiger partial charge is 0.456 e. The molecule has 1 spiro atoms. The molecule has 6 nitrogen and oxygen atoms in total. The van der Waals surface area contributed by atoms with E-state index in [2.05, 4.69) is 68.7 Å². The number of fused-ring (bicyclic) bond motifs is 6. The summed E-state index contributed by atoms with van der Waals surface area (Å²) in [5.41, 5.74) is 6.95. The number of hydrogen-bond acceptors (Lipinski definition) is 5. The molecule has 0 saturated carbocycles. The first-order chi connectivity index (χ1) is 17.0. The number of hydrogen-bond donors (Lipinski definition) is 3. The maximum absolute atomic E-state index is 13.9. The highest BCUT2D eigenvalue weighted by Crippen LogP contribution is 2.58. The van der Waals surface area contributed by atoms with Gasteiger partial charge in [-0.2, -0.15) is 0 Å². The molecule has 0 bridgehead atoms. The third-order valence-electron chi connectivity index (χ3n) is 7.12. The van der Waals surface area contributed by atoms with Crippen molar-refractivity contribution in [2.24, 2.45) is 0 Å². The zero-order valence-electron chi connectivity index (χ0n) is 20.9. The van der Waals surface area contributed by atoms with Gasteiger partial charge in [-0.15, -0.1) is 0 Å². The van der Waals surface area contributed by atoms with Crippen LogP contribution in [0, 0.1) is 13.8 Å². The number of aliphatic hydroxyl groups is 1. The fourth-order valence-corrected chi connectivity index (χ4v) is 5.64. The number of aliphatic hydroxyl groups excluding tert-OH is 1. The summed E-state index contributed by atoms with van der Waals surface area (Å²) >= 11 is 0. The molecule has 182 valence electrons. The molecular formula is C29H33N3O3. The minimum Gasteiger partial charge on any atom is -0.456 e. The molecule has 35 heavy (non-hydrogen) atoms. The highest BCUT2D eigenvalue weighted by Gasteiger charge is 2.56. The summed E-state index contributed by atoms with van der Waals surface area (Å²) in [6.45, 7) is 10.4. The Balaban J connectivity index is 1.88. The molecule has 1 amide bonds. The molecule has 2 aliphatic heterocycles. The molecule has 0 saturated heterocycles. The molecule has 0 aliphatic carbocycles. The van der Waals surface area contributed by atoms with Gasteiger partial charge >= 0.3 is 0 Å². The quantitative estimate of drug-likeness (QED) is 0.430.